The first kappa shape index (κ1) is 35.7. The second-order valence-corrected chi connectivity index (χ2v) is 18.2. The van der Waals surface area contributed by atoms with E-state index in [2.05, 4.69) is 217 Å². The lowest BCUT2D eigenvalue weighted by atomic mass is 9.78. The highest BCUT2D eigenvalue weighted by Gasteiger charge is 2.45. The fourth-order valence-electron chi connectivity index (χ4n) is 10.8. The summed E-state index contributed by atoms with van der Waals surface area (Å²) >= 11 is 1.86. The van der Waals surface area contributed by atoms with E-state index in [-0.39, 0.29) is 12.0 Å². The van der Waals surface area contributed by atoms with Crippen molar-refractivity contribution in [2.45, 2.75) is 12.0 Å². The van der Waals surface area contributed by atoms with E-state index in [4.69, 9.17) is 8.83 Å². The number of para-hydroxylation sites is 4. The number of benzene rings is 9. The number of hydrogen-bond acceptors (Lipinski definition) is 4. The number of hydrogen-bond donors (Lipinski definition) is 0. The largest absolute Gasteiger partial charge is 0.455 e. The predicted octanol–water partition coefficient (Wildman–Crippen LogP) is 17.0. The maximum absolute atomic E-state index is 6.90. The van der Waals surface area contributed by atoms with Crippen LogP contribution in [0.5, 0.6) is 0 Å². The molecule has 2 unspecified atom stereocenters. The van der Waals surface area contributed by atoms with Crippen molar-refractivity contribution in [3.05, 3.63) is 229 Å². The highest BCUT2D eigenvalue weighted by Crippen LogP contribution is 2.59. The monoisotopic (exact) mass is 835 g/mol. The normalized spacial score (nSPS) is 16.0. The second kappa shape index (κ2) is 13.8. The minimum absolute atomic E-state index is 0.0305. The van der Waals surface area contributed by atoms with E-state index in [1.165, 1.54) is 59.3 Å². The number of fused-ring (bicyclic) bond motifs is 12. The van der Waals surface area contributed by atoms with Gasteiger partial charge in [0, 0.05) is 70.0 Å². The van der Waals surface area contributed by atoms with E-state index in [0.717, 1.165) is 66.3 Å². The van der Waals surface area contributed by atoms with Crippen molar-refractivity contribution < 1.29 is 8.83 Å². The Morgan fingerprint density at radius 2 is 1.02 bits per heavy atom. The average Bonchev–Trinajstić information content (AvgIpc) is 4.13. The highest BCUT2D eigenvalue weighted by atomic mass is 32.1. The van der Waals surface area contributed by atoms with Crippen LogP contribution >= 0.6 is 11.3 Å². The summed E-state index contributed by atoms with van der Waals surface area (Å²) in [6.07, 6.45) is 4.97. The van der Waals surface area contributed by atoms with Crippen LogP contribution in [0.2, 0.25) is 0 Å². The van der Waals surface area contributed by atoms with E-state index in [0.29, 0.717) is 0 Å². The standard InChI is InChI=1S/C60H37NO2S/c1-3-15-36(16-4-1)38-31-49(46-24-13-22-44-41-19-7-10-26-53(41)62-59(44)46)57-51(33-38)52-34-39(37-17-5-2-6-18-37)32-50(47-25-14-23-45-42-20-8-11-27-54(42)63-60(45)47)58(52)61(57)40-29-30-56-48(35-40)43-21-9-12-28-55(43)64-56/h1-35,51,57H. The van der Waals surface area contributed by atoms with Gasteiger partial charge < -0.3 is 13.7 Å². The van der Waals surface area contributed by atoms with Gasteiger partial charge in [-0.3, -0.25) is 0 Å². The molecule has 4 heteroatoms. The van der Waals surface area contributed by atoms with Crippen LogP contribution in [0.1, 0.15) is 22.6 Å². The van der Waals surface area contributed by atoms with Gasteiger partial charge in [0.25, 0.3) is 0 Å². The molecule has 3 nitrogen and oxygen atoms in total. The zero-order valence-electron chi connectivity index (χ0n) is 34.5. The Kier molecular flexibility index (Phi) is 7.68. The zero-order valence-corrected chi connectivity index (χ0v) is 35.4. The molecule has 0 radical (unpaired) electrons. The summed E-state index contributed by atoms with van der Waals surface area (Å²) in [4.78, 5) is 2.66. The minimum Gasteiger partial charge on any atom is -0.455 e. The number of anilines is 2. The third-order valence-corrected chi connectivity index (χ3v) is 14.8. The van der Waals surface area contributed by atoms with Gasteiger partial charge in [0.2, 0.25) is 0 Å². The van der Waals surface area contributed by atoms with E-state index >= 15 is 0 Å². The molecule has 2 aliphatic rings. The Bertz CT molecular complexity index is 3920. The van der Waals surface area contributed by atoms with Crippen LogP contribution in [0, 0.1) is 0 Å². The molecule has 64 heavy (non-hydrogen) atoms. The van der Waals surface area contributed by atoms with Crippen LogP contribution in [0.25, 0.3) is 97.4 Å². The van der Waals surface area contributed by atoms with Gasteiger partial charge >= 0.3 is 0 Å². The van der Waals surface area contributed by atoms with Crippen molar-refractivity contribution in [1.82, 2.24) is 0 Å². The smallest absolute Gasteiger partial charge is 0.143 e. The van der Waals surface area contributed by atoms with Gasteiger partial charge in [0.1, 0.15) is 22.3 Å². The van der Waals surface area contributed by atoms with Gasteiger partial charge in [-0.25, -0.2) is 0 Å². The Labute approximate surface area is 373 Å². The lowest BCUT2D eigenvalue weighted by Gasteiger charge is -2.35. The number of furan rings is 2. The van der Waals surface area contributed by atoms with Crippen molar-refractivity contribution in [3.8, 4) is 22.3 Å². The first-order valence-electron chi connectivity index (χ1n) is 22.0. The second-order valence-electron chi connectivity index (χ2n) is 17.1. The Morgan fingerprint density at radius 3 is 1.75 bits per heavy atom. The topological polar surface area (TPSA) is 29.5 Å². The lowest BCUT2D eigenvalue weighted by Crippen LogP contribution is -2.32. The van der Waals surface area contributed by atoms with Gasteiger partial charge in [0.15, 0.2) is 0 Å². The van der Waals surface area contributed by atoms with E-state index in [1.807, 2.05) is 11.3 Å². The van der Waals surface area contributed by atoms with E-state index < -0.39 is 0 Å². The third kappa shape index (κ3) is 5.27. The SMILES string of the molecule is C1=C(c2ccccc2)C=C(c2cccc3c2oc2ccccc23)C2C1c1cc(-c3ccccc3)cc(-c3cccc4c3oc3ccccc34)c1N2c1ccc2sc3ccccc3c2c1. The van der Waals surface area contributed by atoms with Crippen molar-refractivity contribution in [2.75, 3.05) is 4.90 Å². The lowest BCUT2D eigenvalue weighted by molar-refractivity contribution is 0.665. The summed E-state index contributed by atoms with van der Waals surface area (Å²) in [7, 11) is 0. The molecule has 12 aromatic rings. The molecule has 0 bridgehead atoms. The summed E-state index contributed by atoms with van der Waals surface area (Å²) in [6.45, 7) is 0. The van der Waals surface area contributed by atoms with Gasteiger partial charge in [-0.1, -0.05) is 158 Å². The fourth-order valence-corrected chi connectivity index (χ4v) is 11.9. The molecule has 14 rings (SSSR count). The molecule has 0 saturated heterocycles. The summed E-state index contributed by atoms with van der Waals surface area (Å²) in [6, 6.07) is 72.5. The first-order chi connectivity index (χ1) is 31.7. The maximum atomic E-state index is 6.90. The highest BCUT2D eigenvalue weighted by molar-refractivity contribution is 7.25. The molecule has 4 heterocycles. The number of rotatable bonds is 5. The molecule has 300 valence electrons. The summed E-state index contributed by atoms with van der Waals surface area (Å²) in [5, 5.41) is 7.04. The minimum atomic E-state index is -0.122. The third-order valence-electron chi connectivity index (χ3n) is 13.6. The summed E-state index contributed by atoms with van der Waals surface area (Å²) in [5.74, 6) is -0.0305. The van der Waals surface area contributed by atoms with Crippen LogP contribution < -0.4 is 4.90 Å². The molecule has 0 amide bonds. The molecule has 1 aliphatic carbocycles. The Hall–Kier alpha value is -7.92. The number of allylic oxidation sites excluding steroid dienone is 2. The van der Waals surface area contributed by atoms with Crippen molar-refractivity contribution >= 4 is 97.9 Å². The van der Waals surface area contributed by atoms with Gasteiger partial charge in [-0.15, -0.1) is 11.3 Å². The summed E-state index contributed by atoms with van der Waals surface area (Å²) in [5.41, 5.74) is 16.5. The molecule has 9 aromatic carbocycles. The van der Waals surface area contributed by atoms with Crippen LogP contribution in [-0.4, -0.2) is 6.04 Å². The maximum Gasteiger partial charge on any atom is 0.143 e. The van der Waals surface area contributed by atoms with Gasteiger partial charge in [-0.05, 0) is 88.0 Å². The predicted molar refractivity (Wildman–Crippen MR) is 269 cm³/mol. The van der Waals surface area contributed by atoms with Crippen molar-refractivity contribution in [1.29, 1.82) is 0 Å². The molecule has 0 saturated carbocycles. The average molecular weight is 836 g/mol. The van der Waals surface area contributed by atoms with E-state index in [1.54, 1.807) is 0 Å². The van der Waals surface area contributed by atoms with Crippen LogP contribution in [0.4, 0.5) is 11.4 Å². The first-order valence-corrected chi connectivity index (χ1v) is 22.8. The van der Waals surface area contributed by atoms with Gasteiger partial charge in [-0.2, -0.15) is 0 Å². The molecular formula is C60H37NO2S. The molecule has 2 atom stereocenters. The van der Waals surface area contributed by atoms with Crippen molar-refractivity contribution in [3.63, 3.8) is 0 Å². The fraction of sp³-hybridized carbons (Fsp3) is 0.0333. The van der Waals surface area contributed by atoms with Crippen molar-refractivity contribution in [2.24, 2.45) is 0 Å². The van der Waals surface area contributed by atoms with Crippen LogP contribution in [-0.2, 0) is 0 Å². The molecule has 0 spiro atoms. The Balaban J connectivity index is 1.12. The molecule has 0 fully saturated rings. The van der Waals surface area contributed by atoms with E-state index in [9.17, 15) is 0 Å². The summed E-state index contributed by atoms with van der Waals surface area (Å²) < 4.78 is 16.4. The quantitative estimate of drug-likeness (QED) is 0.173. The zero-order chi connectivity index (χ0) is 41.9. The molecule has 0 N–H and O–H groups in total. The molecular weight excluding hydrogens is 799 g/mol. The van der Waals surface area contributed by atoms with Crippen LogP contribution in [0.3, 0.4) is 0 Å². The number of thiophene rings is 1. The molecule has 1 aliphatic heterocycles. The van der Waals surface area contributed by atoms with Crippen LogP contribution in [0.15, 0.2) is 221 Å². The Morgan fingerprint density at radius 1 is 0.422 bits per heavy atom. The van der Waals surface area contributed by atoms with Gasteiger partial charge in [0.05, 0.1) is 11.7 Å². The number of nitrogens with zero attached hydrogens (tertiary/aromatic N) is 1. The molecule has 3 aromatic heterocycles.